The summed E-state index contributed by atoms with van der Waals surface area (Å²) in [5, 5.41) is 10.8. The molecule has 1 amide bonds. The minimum absolute atomic E-state index is 0.0832. The molecule has 0 aromatic heterocycles. The molecule has 0 aliphatic heterocycles. The number of ether oxygens (including phenoxy) is 1. The predicted octanol–water partition coefficient (Wildman–Crippen LogP) is 3.19. The summed E-state index contributed by atoms with van der Waals surface area (Å²) in [7, 11) is 1.27. The molecule has 7 nitrogen and oxygen atoms in total. The Kier molecular flexibility index (Phi) is 6.59. The van der Waals surface area contributed by atoms with Crippen molar-refractivity contribution in [1.82, 2.24) is 4.90 Å². The Morgan fingerprint density at radius 2 is 1.74 bits per heavy atom. The van der Waals surface area contributed by atoms with E-state index in [0.717, 1.165) is 0 Å². The number of nitro benzene ring substituents is 1. The van der Waals surface area contributed by atoms with Crippen LogP contribution in [0.25, 0.3) is 0 Å². The molecule has 0 heterocycles. The summed E-state index contributed by atoms with van der Waals surface area (Å²) < 4.78 is 17.8. The standard InChI is InChI=1S/C19H19FN2O5/c1-13(19(24)27-2)11-21(12-14-3-7-16(20)8-4-14)18(23)15-5-9-17(10-6-15)22(25)26/h3-10,13H,11-12H2,1-2H3. The van der Waals surface area contributed by atoms with Crippen LogP contribution in [-0.2, 0) is 16.1 Å². The van der Waals surface area contributed by atoms with E-state index >= 15 is 0 Å². The van der Waals surface area contributed by atoms with Gasteiger partial charge in [-0.05, 0) is 29.8 Å². The Bertz CT molecular complexity index is 821. The van der Waals surface area contributed by atoms with E-state index in [1.807, 2.05) is 0 Å². The van der Waals surface area contributed by atoms with Gasteiger partial charge in [0.05, 0.1) is 18.0 Å². The topological polar surface area (TPSA) is 89.8 Å². The van der Waals surface area contributed by atoms with Gasteiger partial charge in [-0.1, -0.05) is 19.1 Å². The van der Waals surface area contributed by atoms with Crippen LogP contribution < -0.4 is 0 Å². The molecule has 0 aliphatic rings. The first-order chi connectivity index (χ1) is 12.8. The van der Waals surface area contributed by atoms with E-state index in [2.05, 4.69) is 0 Å². The van der Waals surface area contributed by atoms with Gasteiger partial charge in [-0.15, -0.1) is 0 Å². The van der Waals surface area contributed by atoms with Gasteiger partial charge in [0.25, 0.3) is 11.6 Å². The van der Waals surface area contributed by atoms with E-state index in [4.69, 9.17) is 4.74 Å². The molecular formula is C19H19FN2O5. The maximum absolute atomic E-state index is 13.1. The Labute approximate surface area is 155 Å². The number of non-ortho nitro benzene ring substituents is 1. The average molecular weight is 374 g/mol. The van der Waals surface area contributed by atoms with Crippen molar-refractivity contribution in [2.45, 2.75) is 13.5 Å². The SMILES string of the molecule is COC(=O)C(C)CN(Cc1ccc(F)cc1)C(=O)c1ccc([N+](=O)[O-])cc1. The third kappa shape index (κ3) is 5.34. The molecule has 2 aromatic rings. The molecule has 8 heteroatoms. The van der Waals surface area contributed by atoms with Crippen molar-refractivity contribution >= 4 is 17.6 Å². The van der Waals surface area contributed by atoms with Gasteiger partial charge in [-0.25, -0.2) is 4.39 Å². The molecule has 2 aromatic carbocycles. The molecular weight excluding hydrogens is 355 g/mol. The summed E-state index contributed by atoms with van der Waals surface area (Å²) >= 11 is 0. The average Bonchev–Trinajstić information content (AvgIpc) is 2.67. The highest BCUT2D eigenvalue weighted by atomic mass is 19.1. The number of methoxy groups -OCH3 is 1. The molecule has 142 valence electrons. The summed E-state index contributed by atoms with van der Waals surface area (Å²) in [5.41, 5.74) is 0.808. The number of hydrogen-bond acceptors (Lipinski definition) is 5. The minimum Gasteiger partial charge on any atom is -0.469 e. The van der Waals surface area contributed by atoms with Crippen LogP contribution in [-0.4, -0.2) is 35.4 Å². The number of halogens is 1. The second-order valence-corrected chi connectivity index (χ2v) is 6.04. The number of nitrogens with zero attached hydrogens (tertiary/aromatic N) is 2. The minimum atomic E-state index is -0.572. The zero-order valence-electron chi connectivity index (χ0n) is 14.9. The van der Waals surface area contributed by atoms with Crippen LogP contribution >= 0.6 is 0 Å². The van der Waals surface area contributed by atoms with E-state index in [1.54, 1.807) is 19.1 Å². The molecule has 0 saturated heterocycles. The number of nitro groups is 1. The fourth-order valence-corrected chi connectivity index (χ4v) is 2.54. The summed E-state index contributed by atoms with van der Waals surface area (Å²) in [6.45, 7) is 1.86. The zero-order valence-corrected chi connectivity index (χ0v) is 14.9. The van der Waals surface area contributed by atoms with E-state index in [9.17, 15) is 24.1 Å². The highest BCUT2D eigenvalue weighted by molar-refractivity contribution is 5.94. The summed E-state index contributed by atoms with van der Waals surface area (Å²) in [4.78, 5) is 36.3. The van der Waals surface area contributed by atoms with Crippen molar-refractivity contribution in [3.8, 4) is 0 Å². The summed E-state index contributed by atoms with van der Waals surface area (Å²) in [6.07, 6.45) is 0. The van der Waals surface area contributed by atoms with Gasteiger partial charge in [0.15, 0.2) is 0 Å². The first-order valence-corrected chi connectivity index (χ1v) is 8.17. The second kappa shape index (κ2) is 8.88. The molecule has 1 unspecified atom stereocenters. The summed E-state index contributed by atoms with van der Waals surface area (Å²) in [6, 6.07) is 10.9. The largest absolute Gasteiger partial charge is 0.469 e. The monoisotopic (exact) mass is 374 g/mol. The van der Waals surface area contributed by atoms with E-state index in [-0.39, 0.29) is 24.3 Å². The second-order valence-electron chi connectivity index (χ2n) is 6.04. The Hall–Kier alpha value is -3.29. The molecule has 2 rings (SSSR count). The smallest absolute Gasteiger partial charge is 0.310 e. The van der Waals surface area contributed by atoms with Crippen LogP contribution in [0.4, 0.5) is 10.1 Å². The molecule has 0 radical (unpaired) electrons. The van der Waals surface area contributed by atoms with Gasteiger partial charge in [-0.2, -0.15) is 0 Å². The third-order valence-electron chi connectivity index (χ3n) is 4.00. The van der Waals surface area contributed by atoms with E-state index in [1.165, 1.54) is 48.4 Å². The van der Waals surface area contributed by atoms with Crippen LogP contribution in [0.1, 0.15) is 22.8 Å². The quantitative estimate of drug-likeness (QED) is 0.422. The van der Waals surface area contributed by atoms with E-state index < -0.39 is 28.5 Å². The Morgan fingerprint density at radius 1 is 1.15 bits per heavy atom. The normalized spacial score (nSPS) is 11.5. The molecule has 0 spiro atoms. The van der Waals surface area contributed by atoms with Crippen LogP contribution in [0.3, 0.4) is 0 Å². The van der Waals surface area contributed by atoms with E-state index in [0.29, 0.717) is 5.56 Å². The number of hydrogen-bond donors (Lipinski definition) is 0. The maximum atomic E-state index is 13.1. The fourth-order valence-electron chi connectivity index (χ4n) is 2.54. The van der Waals surface area contributed by atoms with Crippen molar-refractivity contribution in [2.24, 2.45) is 5.92 Å². The number of carbonyl (C=O) groups is 2. The van der Waals surface area contributed by atoms with Crippen LogP contribution in [0, 0.1) is 21.8 Å². The number of rotatable bonds is 7. The Balaban J connectivity index is 2.26. The first-order valence-electron chi connectivity index (χ1n) is 8.17. The predicted molar refractivity (Wildman–Crippen MR) is 95.4 cm³/mol. The van der Waals surface area contributed by atoms with Crippen molar-refractivity contribution in [3.63, 3.8) is 0 Å². The lowest BCUT2D eigenvalue weighted by Crippen LogP contribution is -2.36. The lowest BCUT2D eigenvalue weighted by Gasteiger charge is -2.25. The van der Waals surface area contributed by atoms with Crippen molar-refractivity contribution in [1.29, 1.82) is 0 Å². The summed E-state index contributed by atoms with van der Waals surface area (Å²) in [5.74, 6) is -1.83. The van der Waals surface area contributed by atoms with Gasteiger partial charge in [-0.3, -0.25) is 19.7 Å². The molecule has 27 heavy (non-hydrogen) atoms. The van der Waals surface area contributed by atoms with Crippen molar-refractivity contribution in [2.75, 3.05) is 13.7 Å². The van der Waals surface area contributed by atoms with Gasteiger partial charge in [0, 0.05) is 30.8 Å². The number of benzene rings is 2. The van der Waals surface area contributed by atoms with Gasteiger partial charge in [0.2, 0.25) is 0 Å². The fraction of sp³-hybridized carbons (Fsp3) is 0.263. The molecule has 0 saturated carbocycles. The van der Waals surface area contributed by atoms with Crippen molar-refractivity contribution < 1.29 is 23.6 Å². The van der Waals surface area contributed by atoms with Crippen LogP contribution in [0.2, 0.25) is 0 Å². The number of amides is 1. The number of carbonyl (C=O) groups excluding carboxylic acids is 2. The Morgan fingerprint density at radius 3 is 2.26 bits per heavy atom. The molecule has 0 fully saturated rings. The molecule has 1 atom stereocenters. The number of esters is 1. The molecule has 0 N–H and O–H groups in total. The van der Waals surface area contributed by atoms with Gasteiger partial charge < -0.3 is 9.64 Å². The lowest BCUT2D eigenvalue weighted by atomic mass is 10.1. The maximum Gasteiger partial charge on any atom is 0.310 e. The van der Waals surface area contributed by atoms with Gasteiger partial charge in [0.1, 0.15) is 5.82 Å². The molecule has 0 bridgehead atoms. The van der Waals surface area contributed by atoms with Crippen LogP contribution in [0.5, 0.6) is 0 Å². The third-order valence-corrected chi connectivity index (χ3v) is 4.00. The first kappa shape index (κ1) is 20.0. The lowest BCUT2D eigenvalue weighted by molar-refractivity contribution is -0.384. The van der Waals surface area contributed by atoms with Crippen molar-refractivity contribution in [3.05, 3.63) is 75.6 Å². The highest BCUT2D eigenvalue weighted by Gasteiger charge is 2.23. The highest BCUT2D eigenvalue weighted by Crippen LogP contribution is 2.17. The molecule has 0 aliphatic carbocycles. The van der Waals surface area contributed by atoms with Gasteiger partial charge >= 0.3 is 5.97 Å². The zero-order chi connectivity index (χ0) is 20.0. The van der Waals surface area contributed by atoms with Crippen LogP contribution in [0.15, 0.2) is 48.5 Å².